The summed E-state index contributed by atoms with van der Waals surface area (Å²) >= 11 is 0. The molecular formula is C10H18O. The van der Waals surface area contributed by atoms with Gasteiger partial charge in [-0.2, -0.15) is 0 Å². The molecule has 1 heteroatoms. The molecule has 0 heterocycles. The van der Waals surface area contributed by atoms with Gasteiger partial charge in [-0.1, -0.05) is 13.8 Å². The summed E-state index contributed by atoms with van der Waals surface area (Å²) in [6.45, 7) is 6.24. The molecule has 1 saturated carbocycles. The number of Topliss-reactive ketones (excluding diaryl/α,β-unsaturated/α-hetero) is 1. The molecule has 0 amide bonds. The number of ketones is 1. The smallest absolute Gasteiger partial charge is 0.130 e. The van der Waals surface area contributed by atoms with Gasteiger partial charge in [0.1, 0.15) is 5.78 Å². The van der Waals surface area contributed by atoms with Crippen LogP contribution < -0.4 is 0 Å². The van der Waals surface area contributed by atoms with E-state index in [4.69, 9.17) is 0 Å². The maximum atomic E-state index is 10.7. The van der Waals surface area contributed by atoms with Crippen molar-refractivity contribution in [2.75, 3.05) is 0 Å². The highest BCUT2D eigenvalue weighted by atomic mass is 16.1. The Hall–Kier alpha value is -0.330. The molecule has 0 aliphatic heterocycles. The monoisotopic (exact) mass is 154 g/mol. The van der Waals surface area contributed by atoms with Crippen molar-refractivity contribution < 1.29 is 4.79 Å². The van der Waals surface area contributed by atoms with Crippen LogP contribution in [0, 0.1) is 17.8 Å². The number of hydrogen-bond donors (Lipinski definition) is 0. The molecule has 0 aromatic heterocycles. The van der Waals surface area contributed by atoms with Crippen LogP contribution in [0.25, 0.3) is 0 Å². The predicted molar refractivity (Wildman–Crippen MR) is 46.4 cm³/mol. The summed E-state index contributed by atoms with van der Waals surface area (Å²) < 4.78 is 0. The van der Waals surface area contributed by atoms with Gasteiger partial charge in [0.15, 0.2) is 0 Å². The Morgan fingerprint density at radius 2 is 2.00 bits per heavy atom. The summed E-state index contributed by atoms with van der Waals surface area (Å²) in [7, 11) is 0. The molecule has 1 aliphatic carbocycles. The van der Waals surface area contributed by atoms with Crippen molar-refractivity contribution >= 4 is 5.78 Å². The summed E-state index contributed by atoms with van der Waals surface area (Å²) in [5.74, 6) is 2.80. The quantitative estimate of drug-likeness (QED) is 0.610. The fraction of sp³-hybridized carbons (Fsp3) is 0.900. The van der Waals surface area contributed by atoms with Gasteiger partial charge in [-0.25, -0.2) is 0 Å². The summed E-state index contributed by atoms with van der Waals surface area (Å²) in [5, 5.41) is 0. The van der Waals surface area contributed by atoms with Gasteiger partial charge in [0.25, 0.3) is 0 Å². The van der Waals surface area contributed by atoms with Crippen LogP contribution in [0.1, 0.15) is 40.0 Å². The van der Waals surface area contributed by atoms with Gasteiger partial charge >= 0.3 is 0 Å². The van der Waals surface area contributed by atoms with E-state index < -0.39 is 0 Å². The van der Waals surface area contributed by atoms with Crippen molar-refractivity contribution in [3.63, 3.8) is 0 Å². The van der Waals surface area contributed by atoms with Crippen molar-refractivity contribution in [3.05, 3.63) is 0 Å². The van der Waals surface area contributed by atoms with E-state index in [2.05, 4.69) is 13.8 Å². The molecule has 11 heavy (non-hydrogen) atoms. The van der Waals surface area contributed by atoms with Crippen molar-refractivity contribution in [1.29, 1.82) is 0 Å². The van der Waals surface area contributed by atoms with Gasteiger partial charge in [0.05, 0.1) is 0 Å². The molecule has 0 bridgehead atoms. The molecule has 0 atom stereocenters. The highest BCUT2D eigenvalue weighted by molar-refractivity contribution is 5.75. The van der Waals surface area contributed by atoms with Crippen LogP contribution in [0.3, 0.4) is 0 Å². The van der Waals surface area contributed by atoms with Crippen molar-refractivity contribution in [2.45, 2.75) is 40.0 Å². The molecular weight excluding hydrogens is 136 g/mol. The third-order valence-electron chi connectivity index (χ3n) is 2.79. The summed E-state index contributed by atoms with van der Waals surface area (Å²) in [4.78, 5) is 10.7. The highest BCUT2D eigenvalue weighted by Gasteiger charge is 2.31. The molecule has 64 valence electrons. The zero-order valence-corrected chi connectivity index (χ0v) is 7.76. The lowest BCUT2D eigenvalue weighted by Crippen LogP contribution is -2.28. The van der Waals surface area contributed by atoms with E-state index in [-0.39, 0.29) is 0 Å². The fourth-order valence-corrected chi connectivity index (χ4v) is 1.90. The van der Waals surface area contributed by atoms with E-state index >= 15 is 0 Å². The lowest BCUT2D eigenvalue weighted by Gasteiger charge is -2.37. The second kappa shape index (κ2) is 3.38. The zero-order valence-electron chi connectivity index (χ0n) is 7.76. The molecule has 1 nitrogen and oxygen atoms in total. The minimum atomic E-state index is 0.359. The van der Waals surface area contributed by atoms with Crippen molar-refractivity contribution in [2.24, 2.45) is 17.8 Å². The standard InChI is InChI=1S/C10H18O/c1-7(2)10-5-9(6-10)4-8(3)11/h7,9-10H,4-6H2,1-3H3. The Labute approximate surface area is 69.2 Å². The maximum absolute atomic E-state index is 10.7. The SMILES string of the molecule is CC(=O)CC1CC(C(C)C)C1. The Morgan fingerprint density at radius 3 is 2.36 bits per heavy atom. The number of rotatable bonds is 3. The lowest BCUT2D eigenvalue weighted by molar-refractivity contribution is -0.119. The summed E-state index contributed by atoms with van der Waals surface area (Å²) in [5.41, 5.74) is 0. The van der Waals surface area contributed by atoms with E-state index in [9.17, 15) is 4.79 Å². The van der Waals surface area contributed by atoms with Crippen LogP contribution in [0.4, 0.5) is 0 Å². The predicted octanol–water partition coefficient (Wildman–Crippen LogP) is 2.65. The molecule has 0 aromatic carbocycles. The number of hydrogen-bond acceptors (Lipinski definition) is 1. The average Bonchev–Trinajstić information content (AvgIpc) is 1.75. The molecule has 1 rings (SSSR count). The van der Waals surface area contributed by atoms with Gasteiger partial charge in [-0.15, -0.1) is 0 Å². The first kappa shape index (κ1) is 8.76. The highest BCUT2D eigenvalue weighted by Crippen LogP contribution is 2.40. The van der Waals surface area contributed by atoms with Gasteiger partial charge in [0, 0.05) is 6.42 Å². The van der Waals surface area contributed by atoms with Crippen LogP contribution in [0.5, 0.6) is 0 Å². The van der Waals surface area contributed by atoms with Crippen molar-refractivity contribution in [3.8, 4) is 0 Å². The lowest BCUT2D eigenvalue weighted by atomic mass is 9.68. The van der Waals surface area contributed by atoms with Gasteiger partial charge < -0.3 is 4.79 Å². The number of carbonyl (C=O) groups is 1. The molecule has 0 spiro atoms. The third kappa shape index (κ3) is 2.32. The Kier molecular flexibility index (Phi) is 2.69. The topological polar surface area (TPSA) is 17.1 Å². The Bertz CT molecular complexity index is 143. The van der Waals surface area contributed by atoms with E-state index in [1.165, 1.54) is 12.8 Å². The van der Waals surface area contributed by atoms with Gasteiger partial charge in [-0.3, -0.25) is 0 Å². The van der Waals surface area contributed by atoms with E-state index in [0.29, 0.717) is 5.78 Å². The first-order chi connectivity index (χ1) is 5.09. The molecule has 0 saturated heterocycles. The Balaban J connectivity index is 2.14. The Morgan fingerprint density at radius 1 is 1.45 bits per heavy atom. The maximum Gasteiger partial charge on any atom is 0.130 e. The average molecular weight is 154 g/mol. The molecule has 0 aromatic rings. The first-order valence-corrected chi connectivity index (χ1v) is 4.59. The van der Waals surface area contributed by atoms with Crippen LogP contribution in [-0.4, -0.2) is 5.78 Å². The summed E-state index contributed by atoms with van der Waals surface area (Å²) in [6, 6.07) is 0. The molecule has 0 N–H and O–H groups in total. The van der Waals surface area contributed by atoms with Crippen LogP contribution in [0.15, 0.2) is 0 Å². The number of carbonyl (C=O) groups excluding carboxylic acids is 1. The zero-order chi connectivity index (χ0) is 8.43. The van der Waals surface area contributed by atoms with Gasteiger partial charge in [0.2, 0.25) is 0 Å². The first-order valence-electron chi connectivity index (χ1n) is 4.59. The van der Waals surface area contributed by atoms with Crippen LogP contribution in [0.2, 0.25) is 0 Å². The molecule has 0 unspecified atom stereocenters. The van der Waals surface area contributed by atoms with E-state index in [1.54, 1.807) is 6.92 Å². The minimum Gasteiger partial charge on any atom is -0.300 e. The minimum absolute atomic E-state index is 0.359. The van der Waals surface area contributed by atoms with Crippen LogP contribution >= 0.6 is 0 Å². The summed E-state index contributed by atoms with van der Waals surface area (Å²) in [6.07, 6.45) is 3.40. The van der Waals surface area contributed by atoms with Gasteiger partial charge in [-0.05, 0) is 37.5 Å². The van der Waals surface area contributed by atoms with E-state index in [0.717, 1.165) is 24.2 Å². The normalized spacial score (nSPS) is 30.2. The third-order valence-corrected chi connectivity index (χ3v) is 2.79. The molecule has 1 fully saturated rings. The largest absolute Gasteiger partial charge is 0.300 e. The van der Waals surface area contributed by atoms with E-state index in [1.807, 2.05) is 0 Å². The van der Waals surface area contributed by atoms with Crippen molar-refractivity contribution in [1.82, 2.24) is 0 Å². The second-order valence-corrected chi connectivity index (χ2v) is 4.25. The molecule has 1 aliphatic rings. The molecule has 0 radical (unpaired) electrons. The second-order valence-electron chi connectivity index (χ2n) is 4.25. The van der Waals surface area contributed by atoms with Crippen LogP contribution in [-0.2, 0) is 4.79 Å². The fourth-order valence-electron chi connectivity index (χ4n) is 1.90.